The summed E-state index contributed by atoms with van der Waals surface area (Å²) in [5, 5.41) is 16.7. The molecule has 340 valence electrons. The molecule has 0 saturated carbocycles. The van der Waals surface area contributed by atoms with E-state index in [-0.39, 0.29) is 55.5 Å². The highest BCUT2D eigenvalue weighted by Crippen LogP contribution is 2.43. The predicted octanol–water partition coefficient (Wildman–Crippen LogP) is 3.61. The molecule has 7 N–H and O–H groups in total. The fraction of sp³-hybridized carbons (Fsp3) is 0.511. The van der Waals surface area contributed by atoms with Crippen molar-refractivity contribution in [2.75, 3.05) is 20.1 Å². The molecule has 0 fully saturated rings. The van der Waals surface area contributed by atoms with Crippen LogP contribution in [0.25, 0.3) is 0 Å². The molecule has 5 amide bonds. The van der Waals surface area contributed by atoms with E-state index in [9.17, 15) is 32.4 Å². The van der Waals surface area contributed by atoms with Crippen molar-refractivity contribution in [3.8, 4) is 5.75 Å². The zero-order valence-electron chi connectivity index (χ0n) is 37.8. The number of sulfonamides is 1. The topological polar surface area (TPSA) is 225 Å². The number of ether oxygens (including phenoxy) is 1. The first-order chi connectivity index (χ1) is 29.1. The first kappa shape index (κ1) is 50.6. The normalized spacial score (nSPS) is 15.6. The summed E-state index contributed by atoms with van der Waals surface area (Å²) in [5.74, 6) is -2.61. The monoisotopic (exact) mass is 878 g/mol. The second-order valence-electron chi connectivity index (χ2n) is 16.6. The summed E-state index contributed by atoms with van der Waals surface area (Å²) in [7, 11) is -2.70. The minimum Gasteiger partial charge on any atom is -0.487 e. The van der Waals surface area contributed by atoms with E-state index < -0.39 is 68.8 Å². The molecule has 0 unspecified atom stereocenters. The van der Waals surface area contributed by atoms with Crippen LogP contribution in [0.4, 0.5) is 0 Å². The second-order valence-corrected chi connectivity index (χ2v) is 18.3. The second kappa shape index (κ2) is 21.9. The predicted molar refractivity (Wildman–Crippen MR) is 241 cm³/mol. The summed E-state index contributed by atoms with van der Waals surface area (Å²) in [5.41, 5.74) is 1.31. The molecule has 0 aliphatic carbocycles. The van der Waals surface area contributed by atoms with Gasteiger partial charge in [-0.25, -0.2) is 13.1 Å². The number of nitrogens with one attached hydrogen (secondary N) is 7. The van der Waals surface area contributed by atoms with Crippen LogP contribution in [0.15, 0.2) is 65.5 Å². The first-order valence-electron chi connectivity index (χ1n) is 20.9. The summed E-state index contributed by atoms with van der Waals surface area (Å²) < 4.78 is 36.6. The molecule has 1 heterocycles. The lowest BCUT2D eigenvalue weighted by atomic mass is 9.94. The van der Waals surface area contributed by atoms with Crippen LogP contribution in [-0.2, 0) is 40.4 Å². The van der Waals surface area contributed by atoms with Gasteiger partial charge in [-0.1, -0.05) is 63.3 Å². The van der Waals surface area contributed by atoms with E-state index in [1.807, 2.05) is 20.8 Å². The SMILES string of the molecule is C=CCNC(=O)[C@H](NC(=O)[C@H](CC)NC(=O)[C@H](CCCNC(=NC)NS(=O)(=O)c1c(C)c(C)c2c(c1C)CC(C)(C)O2)NC(=O)[C@@](C)(CC=C)NC(=O)C(C)C)c1ccccc1. The van der Waals surface area contributed by atoms with Gasteiger partial charge in [0.1, 0.15) is 35.0 Å². The van der Waals surface area contributed by atoms with E-state index in [0.29, 0.717) is 28.9 Å². The van der Waals surface area contributed by atoms with Gasteiger partial charge in [0, 0.05) is 38.0 Å². The number of amides is 5. The molecule has 0 spiro atoms. The van der Waals surface area contributed by atoms with Crippen molar-refractivity contribution < 1.29 is 37.1 Å². The van der Waals surface area contributed by atoms with Crippen LogP contribution in [0, 0.1) is 26.7 Å². The zero-order valence-corrected chi connectivity index (χ0v) is 38.7. The Morgan fingerprint density at radius 2 is 1.53 bits per heavy atom. The molecule has 2 aromatic carbocycles. The van der Waals surface area contributed by atoms with Crippen LogP contribution in [0.5, 0.6) is 5.75 Å². The molecular weight excluding hydrogens is 813 g/mol. The minimum absolute atomic E-state index is 0.0171. The molecule has 16 nitrogen and oxygen atoms in total. The number of fused-ring (bicyclic) bond motifs is 1. The first-order valence-corrected chi connectivity index (χ1v) is 22.4. The van der Waals surface area contributed by atoms with E-state index >= 15 is 0 Å². The Bertz CT molecular complexity index is 2140. The third kappa shape index (κ3) is 12.9. The molecule has 0 radical (unpaired) electrons. The highest BCUT2D eigenvalue weighted by atomic mass is 32.2. The van der Waals surface area contributed by atoms with Gasteiger partial charge in [0.05, 0.1) is 4.90 Å². The van der Waals surface area contributed by atoms with Gasteiger partial charge < -0.3 is 36.6 Å². The van der Waals surface area contributed by atoms with Gasteiger partial charge in [0.25, 0.3) is 10.0 Å². The number of hydrogen-bond donors (Lipinski definition) is 7. The molecule has 17 heteroatoms. The molecule has 0 aromatic heterocycles. The quantitative estimate of drug-likeness (QED) is 0.0421. The molecule has 3 rings (SSSR count). The fourth-order valence-corrected chi connectivity index (χ4v) is 8.68. The van der Waals surface area contributed by atoms with Crippen molar-refractivity contribution in [2.24, 2.45) is 10.9 Å². The number of nitrogens with zero attached hydrogens (tertiary/aromatic N) is 1. The van der Waals surface area contributed by atoms with Crippen molar-refractivity contribution in [1.29, 1.82) is 0 Å². The van der Waals surface area contributed by atoms with E-state index in [2.05, 4.69) is 54.8 Å². The third-order valence-electron chi connectivity index (χ3n) is 10.7. The average molecular weight is 879 g/mol. The minimum atomic E-state index is -4.13. The van der Waals surface area contributed by atoms with Crippen LogP contribution in [-0.4, -0.2) is 87.3 Å². The van der Waals surface area contributed by atoms with Gasteiger partial charge in [0.2, 0.25) is 35.5 Å². The number of benzene rings is 2. The van der Waals surface area contributed by atoms with Gasteiger partial charge in [0.15, 0.2) is 0 Å². The van der Waals surface area contributed by atoms with E-state index in [1.54, 1.807) is 65.0 Å². The highest BCUT2D eigenvalue weighted by molar-refractivity contribution is 7.90. The molecule has 4 atom stereocenters. The summed E-state index contributed by atoms with van der Waals surface area (Å²) in [4.78, 5) is 71.9. The number of rotatable bonds is 21. The van der Waals surface area contributed by atoms with Crippen molar-refractivity contribution in [3.63, 3.8) is 0 Å². The maximum absolute atomic E-state index is 14.1. The highest BCUT2D eigenvalue weighted by Gasteiger charge is 2.39. The van der Waals surface area contributed by atoms with Crippen LogP contribution in [0.2, 0.25) is 0 Å². The molecule has 62 heavy (non-hydrogen) atoms. The van der Waals surface area contributed by atoms with E-state index in [4.69, 9.17) is 4.74 Å². The average Bonchev–Trinajstić information content (AvgIpc) is 3.56. The molecule has 0 saturated heterocycles. The number of carbonyl (C=O) groups is 5. The Morgan fingerprint density at radius 1 is 0.887 bits per heavy atom. The summed E-state index contributed by atoms with van der Waals surface area (Å²) >= 11 is 0. The number of hydrogen-bond acceptors (Lipinski definition) is 9. The smallest absolute Gasteiger partial charge is 0.264 e. The van der Waals surface area contributed by atoms with Crippen LogP contribution >= 0.6 is 0 Å². The zero-order chi connectivity index (χ0) is 46.6. The van der Waals surface area contributed by atoms with Crippen LogP contribution in [0.3, 0.4) is 0 Å². The van der Waals surface area contributed by atoms with Gasteiger partial charge >= 0.3 is 0 Å². The van der Waals surface area contributed by atoms with Gasteiger partial charge in [-0.3, -0.25) is 29.0 Å². The molecular formula is C45H66N8O8S. The Labute approximate surface area is 367 Å². The largest absolute Gasteiger partial charge is 0.487 e. The third-order valence-corrected chi connectivity index (χ3v) is 12.3. The molecule has 2 aromatic rings. The summed E-state index contributed by atoms with van der Waals surface area (Å²) in [6.07, 6.45) is 3.96. The van der Waals surface area contributed by atoms with E-state index in [0.717, 1.165) is 11.1 Å². The van der Waals surface area contributed by atoms with Crippen LogP contribution in [0.1, 0.15) is 101 Å². The lowest BCUT2D eigenvalue weighted by molar-refractivity contribution is -0.137. The lowest BCUT2D eigenvalue weighted by Gasteiger charge is -2.32. The fourth-order valence-electron chi connectivity index (χ4n) is 7.08. The summed E-state index contributed by atoms with van der Waals surface area (Å²) in [6.45, 7) is 23.5. The summed E-state index contributed by atoms with van der Waals surface area (Å²) in [6, 6.07) is 5.22. The lowest BCUT2D eigenvalue weighted by Crippen LogP contribution is -2.61. The Kier molecular flexibility index (Phi) is 17.9. The Hall–Kier alpha value is -5.71. The molecule has 1 aliphatic rings. The van der Waals surface area contributed by atoms with Gasteiger partial charge in [-0.15, -0.1) is 13.2 Å². The molecule has 0 bridgehead atoms. The number of guanidine groups is 1. The maximum Gasteiger partial charge on any atom is 0.264 e. The number of aliphatic imine (C=N–C) groups is 1. The van der Waals surface area contributed by atoms with Crippen molar-refractivity contribution in [2.45, 2.75) is 129 Å². The Balaban J connectivity index is 1.84. The van der Waals surface area contributed by atoms with Gasteiger partial charge in [-0.2, -0.15) is 0 Å². The maximum atomic E-state index is 14.1. The standard InChI is InChI=1S/C45H66N8O8S/c1-13-23-45(11,52-38(54)27(4)5)42(58)50-34(40(56)49-33(15-3)39(55)51-35(41(57)47-24-14-2)31-20-17-16-18-21-31)22-19-25-48-43(46-12)53-62(59,60)37-29(7)28(6)36-32(30(37)8)26-44(9,10)61-36/h13-14,16-18,20-21,27,33-35H,1-2,15,19,22-26H2,3-12H3,(H,47,57)(H,49,56)(H,50,58)(H,51,55)(H,52,54)(H2,46,48,53)/t33-,34-,35+,45+/m0/s1. The Morgan fingerprint density at radius 3 is 2.11 bits per heavy atom. The van der Waals surface area contributed by atoms with Crippen LogP contribution < -0.4 is 41.4 Å². The van der Waals surface area contributed by atoms with Crippen molar-refractivity contribution in [3.05, 3.63) is 83.5 Å². The van der Waals surface area contributed by atoms with Crippen molar-refractivity contribution >= 4 is 45.5 Å². The molecule has 1 aliphatic heterocycles. The van der Waals surface area contributed by atoms with E-state index in [1.165, 1.54) is 26.1 Å². The van der Waals surface area contributed by atoms with Crippen molar-refractivity contribution in [1.82, 2.24) is 36.6 Å². The number of carbonyl (C=O) groups excluding carboxylic acids is 5. The van der Waals surface area contributed by atoms with Gasteiger partial charge in [-0.05, 0) is 89.5 Å².